The maximum Gasteiger partial charge on any atom is 0.419 e. The van der Waals surface area contributed by atoms with E-state index in [-0.39, 0.29) is 11.4 Å². The largest absolute Gasteiger partial charge is 0.419 e. The predicted molar refractivity (Wildman–Crippen MR) is 113 cm³/mol. The third kappa shape index (κ3) is 3.97. The molecule has 0 aliphatic heterocycles. The molecule has 0 radical (unpaired) electrons. The second-order valence-corrected chi connectivity index (χ2v) is 7.32. The highest BCUT2D eigenvalue weighted by Crippen LogP contribution is 2.34. The molecule has 0 saturated carbocycles. The van der Waals surface area contributed by atoms with Gasteiger partial charge in [-0.15, -0.1) is 0 Å². The normalized spacial score (nSPS) is 11.5. The number of carbonyl (C=O) groups is 2. The number of aromatic amines is 1. The zero-order chi connectivity index (χ0) is 23.0. The van der Waals surface area contributed by atoms with Gasteiger partial charge in [0.2, 0.25) is 5.78 Å². The Morgan fingerprint density at radius 2 is 1.66 bits per heavy atom. The van der Waals surface area contributed by atoms with Crippen LogP contribution in [0.25, 0.3) is 10.9 Å². The van der Waals surface area contributed by atoms with E-state index >= 15 is 0 Å². The molecule has 32 heavy (non-hydrogen) atoms. The molecule has 1 aromatic heterocycles. The average Bonchev–Trinajstić information content (AvgIpc) is 3.10. The van der Waals surface area contributed by atoms with E-state index in [0.717, 1.165) is 12.1 Å². The highest BCUT2D eigenvalue weighted by Gasteiger charge is 2.36. The third-order valence-electron chi connectivity index (χ3n) is 4.81. The molecular weight excluding hydrogens is 448 g/mol. The van der Waals surface area contributed by atoms with Crippen LogP contribution in [0.3, 0.4) is 0 Å². The van der Waals surface area contributed by atoms with Gasteiger partial charge in [-0.2, -0.15) is 13.2 Å². The number of alkyl halides is 3. The van der Waals surface area contributed by atoms with Crippen LogP contribution in [-0.4, -0.2) is 16.7 Å². The van der Waals surface area contributed by atoms with Gasteiger partial charge < -0.3 is 10.3 Å². The van der Waals surface area contributed by atoms with E-state index in [0.29, 0.717) is 27.6 Å². The number of hydrogen-bond donors (Lipinski definition) is 2. The van der Waals surface area contributed by atoms with Gasteiger partial charge in [0.05, 0.1) is 16.8 Å². The highest BCUT2D eigenvalue weighted by molar-refractivity contribution is 6.31. The lowest BCUT2D eigenvalue weighted by Gasteiger charge is -2.12. The number of carbonyl (C=O) groups excluding carboxylic acids is 2. The lowest BCUT2D eigenvalue weighted by Crippen LogP contribution is -2.18. The molecule has 4 nitrogen and oxygen atoms in total. The number of rotatable bonds is 4. The van der Waals surface area contributed by atoms with Crippen LogP contribution in [-0.2, 0) is 6.18 Å². The third-order valence-corrected chi connectivity index (χ3v) is 5.05. The predicted octanol–water partition coefficient (Wildman–Crippen LogP) is 6.46. The van der Waals surface area contributed by atoms with Crippen molar-refractivity contribution in [3.8, 4) is 0 Å². The van der Waals surface area contributed by atoms with Crippen LogP contribution < -0.4 is 5.32 Å². The zero-order valence-electron chi connectivity index (χ0n) is 16.1. The molecule has 0 fully saturated rings. The first-order valence-corrected chi connectivity index (χ1v) is 9.62. The molecule has 0 saturated heterocycles. The van der Waals surface area contributed by atoms with Crippen LogP contribution in [0.5, 0.6) is 0 Å². The number of fused-ring (bicyclic) bond motifs is 1. The summed E-state index contributed by atoms with van der Waals surface area (Å²) in [4.78, 5) is 28.7. The Morgan fingerprint density at radius 3 is 2.34 bits per heavy atom. The molecule has 0 spiro atoms. The Bertz CT molecular complexity index is 1350. The summed E-state index contributed by atoms with van der Waals surface area (Å²) in [6, 6.07) is 15.2. The van der Waals surface area contributed by atoms with Crippen LogP contribution >= 0.6 is 11.6 Å². The molecule has 4 aromatic rings. The molecule has 3 aromatic carbocycles. The first-order chi connectivity index (χ1) is 15.2. The topological polar surface area (TPSA) is 62.0 Å². The lowest BCUT2D eigenvalue weighted by atomic mass is 10.1. The van der Waals surface area contributed by atoms with Gasteiger partial charge in [-0.25, -0.2) is 4.39 Å². The van der Waals surface area contributed by atoms with Gasteiger partial charge in [0.25, 0.3) is 5.91 Å². The van der Waals surface area contributed by atoms with Gasteiger partial charge >= 0.3 is 6.18 Å². The molecule has 1 heterocycles. The summed E-state index contributed by atoms with van der Waals surface area (Å²) < 4.78 is 53.6. The number of benzene rings is 3. The number of aromatic nitrogens is 1. The van der Waals surface area contributed by atoms with Crippen LogP contribution in [0.15, 0.2) is 66.7 Å². The van der Waals surface area contributed by atoms with Crippen LogP contribution in [0, 0.1) is 5.82 Å². The summed E-state index contributed by atoms with van der Waals surface area (Å²) >= 11 is 6.01. The van der Waals surface area contributed by atoms with Crippen molar-refractivity contribution in [1.82, 2.24) is 4.98 Å². The Kier molecular flexibility index (Phi) is 5.48. The quantitative estimate of drug-likeness (QED) is 0.271. The second kappa shape index (κ2) is 8.12. The molecule has 9 heteroatoms. The average molecular weight is 461 g/mol. The number of hydrogen-bond acceptors (Lipinski definition) is 2. The fraction of sp³-hybridized carbons (Fsp3) is 0.0435. The minimum Gasteiger partial charge on any atom is -0.350 e. The minimum absolute atomic E-state index is 0.00679. The number of H-pyrrole nitrogens is 1. The van der Waals surface area contributed by atoms with E-state index in [1.165, 1.54) is 18.2 Å². The molecule has 1 amide bonds. The van der Waals surface area contributed by atoms with Gasteiger partial charge in [-0.3, -0.25) is 9.59 Å². The van der Waals surface area contributed by atoms with Crippen LogP contribution in [0.1, 0.15) is 32.0 Å². The molecule has 0 atom stereocenters. The van der Waals surface area contributed by atoms with Crippen molar-refractivity contribution in [3.05, 3.63) is 100.0 Å². The van der Waals surface area contributed by atoms with Gasteiger partial charge in [0.1, 0.15) is 11.5 Å². The van der Waals surface area contributed by atoms with E-state index in [2.05, 4.69) is 10.3 Å². The van der Waals surface area contributed by atoms with E-state index in [9.17, 15) is 27.2 Å². The molecule has 4 rings (SSSR count). The van der Waals surface area contributed by atoms with Gasteiger partial charge in [-0.1, -0.05) is 48.0 Å². The first kappa shape index (κ1) is 21.6. The summed E-state index contributed by atoms with van der Waals surface area (Å²) in [5.74, 6) is -3.30. The van der Waals surface area contributed by atoms with Crippen molar-refractivity contribution in [3.63, 3.8) is 0 Å². The van der Waals surface area contributed by atoms with Crippen molar-refractivity contribution >= 4 is 39.9 Å². The van der Waals surface area contributed by atoms with Gasteiger partial charge in [0.15, 0.2) is 0 Å². The zero-order valence-corrected chi connectivity index (χ0v) is 16.8. The second-order valence-electron chi connectivity index (χ2n) is 6.88. The number of anilines is 1. The number of halogens is 5. The van der Waals surface area contributed by atoms with E-state index in [4.69, 9.17) is 11.6 Å². The highest BCUT2D eigenvalue weighted by atomic mass is 35.5. The minimum atomic E-state index is -4.97. The Morgan fingerprint density at radius 1 is 0.938 bits per heavy atom. The molecule has 0 aliphatic rings. The number of ketones is 1. The van der Waals surface area contributed by atoms with E-state index in [1.807, 2.05) is 0 Å². The van der Waals surface area contributed by atoms with Crippen LogP contribution in [0.2, 0.25) is 5.02 Å². The molecular formula is C23H13ClF4N2O2. The fourth-order valence-corrected chi connectivity index (χ4v) is 3.48. The van der Waals surface area contributed by atoms with Crippen molar-refractivity contribution in [2.24, 2.45) is 0 Å². The molecule has 0 aliphatic carbocycles. The van der Waals surface area contributed by atoms with Crippen molar-refractivity contribution in [1.29, 1.82) is 0 Å². The fourth-order valence-electron chi connectivity index (χ4n) is 3.31. The van der Waals surface area contributed by atoms with Crippen molar-refractivity contribution in [2.75, 3.05) is 5.32 Å². The van der Waals surface area contributed by atoms with Crippen molar-refractivity contribution < 1.29 is 27.2 Å². The Balaban J connectivity index is 1.81. The molecule has 0 bridgehead atoms. The smallest absolute Gasteiger partial charge is 0.350 e. The first-order valence-electron chi connectivity index (χ1n) is 9.25. The SMILES string of the molecule is O=C(Nc1c(C(=O)c2ccccc2)[nH]c2cc(Cl)ccc12)c1cccc(C(F)(F)F)c1F. The molecule has 162 valence electrons. The summed E-state index contributed by atoms with van der Waals surface area (Å²) in [6.07, 6.45) is -4.97. The summed E-state index contributed by atoms with van der Waals surface area (Å²) in [7, 11) is 0. The maximum atomic E-state index is 14.5. The molecule has 2 N–H and O–H groups in total. The monoisotopic (exact) mass is 460 g/mol. The van der Waals surface area contributed by atoms with Crippen molar-refractivity contribution in [2.45, 2.75) is 6.18 Å². The summed E-state index contributed by atoms with van der Waals surface area (Å²) in [6.45, 7) is 0. The van der Waals surface area contributed by atoms with E-state index < -0.39 is 34.8 Å². The number of nitrogens with one attached hydrogen (secondary N) is 2. The summed E-state index contributed by atoms with van der Waals surface area (Å²) in [5, 5.41) is 3.14. The van der Waals surface area contributed by atoms with Gasteiger partial charge in [0, 0.05) is 21.5 Å². The lowest BCUT2D eigenvalue weighted by molar-refractivity contribution is -0.140. The van der Waals surface area contributed by atoms with Gasteiger partial charge in [-0.05, 0) is 30.3 Å². The van der Waals surface area contributed by atoms with E-state index in [1.54, 1.807) is 30.3 Å². The van der Waals surface area contributed by atoms with Crippen LogP contribution in [0.4, 0.5) is 23.2 Å². The standard InChI is InChI=1S/C23H13ClF4N2O2/c24-13-9-10-14-17(11-13)29-20(21(31)12-5-2-1-3-6-12)19(14)30-22(32)15-7-4-8-16(18(15)25)23(26,27)28/h1-11,29H,(H,30,32). The summed E-state index contributed by atoms with van der Waals surface area (Å²) in [5.41, 5.74) is -1.65. The maximum absolute atomic E-state index is 14.5. The Labute approximate surface area is 183 Å². The molecule has 0 unspecified atom stereocenters. The Hall–Kier alpha value is -3.65. The number of amides is 1.